The summed E-state index contributed by atoms with van der Waals surface area (Å²) in [4.78, 5) is 4.63. The van der Waals surface area contributed by atoms with Crippen LogP contribution in [0.5, 0.6) is 0 Å². The highest BCUT2D eigenvalue weighted by molar-refractivity contribution is 8.14. The van der Waals surface area contributed by atoms with Gasteiger partial charge in [-0.05, 0) is 43.4 Å². The lowest BCUT2D eigenvalue weighted by Crippen LogP contribution is -2.29. The van der Waals surface area contributed by atoms with Crippen LogP contribution < -0.4 is 5.32 Å². The lowest BCUT2D eigenvalue weighted by molar-refractivity contribution is 0.333. The number of hydrogen-bond donors (Lipinski definition) is 1. The largest absolute Gasteiger partial charge is 0.365 e. The van der Waals surface area contributed by atoms with E-state index in [2.05, 4.69) is 17.2 Å². The van der Waals surface area contributed by atoms with Crippen LogP contribution in [0, 0.1) is 17.8 Å². The minimum absolute atomic E-state index is 0.752. The Kier molecular flexibility index (Phi) is 3.64. The molecule has 1 aliphatic heterocycles. The van der Waals surface area contributed by atoms with Crippen molar-refractivity contribution < 1.29 is 0 Å². The Morgan fingerprint density at radius 3 is 3.00 bits per heavy atom. The Bertz CT molecular complexity index is 303. The van der Waals surface area contributed by atoms with Gasteiger partial charge in [-0.15, -0.1) is 0 Å². The van der Waals surface area contributed by atoms with Crippen LogP contribution >= 0.6 is 11.8 Å². The molecule has 0 aromatic rings. The van der Waals surface area contributed by atoms with Crippen molar-refractivity contribution in [3.8, 4) is 0 Å². The molecule has 1 heterocycles. The molecule has 2 aliphatic carbocycles. The first-order valence-corrected chi connectivity index (χ1v) is 8.18. The quantitative estimate of drug-likeness (QED) is 0.830. The summed E-state index contributed by atoms with van der Waals surface area (Å²) in [5, 5.41) is 5.59. The molecule has 4 atom stereocenters. The van der Waals surface area contributed by atoms with Crippen molar-refractivity contribution in [1.82, 2.24) is 5.32 Å². The molecule has 96 valence electrons. The summed E-state index contributed by atoms with van der Waals surface area (Å²) in [7, 11) is 0. The summed E-state index contributed by atoms with van der Waals surface area (Å²) in [5.74, 6) is 3.05. The van der Waals surface area contributed by atoms with E-state index in [-0.39, 0.29) is 0 Å². The second-order valence-electron chi connectivity index (χ2n) is 5.99. The van der Waals surface area contributed by atoms with Gasteiger partial charge in [0.15, 0.2) is 5.17 Å². The molecular weight excluding hydrogens is 228 g/mol. The van der Waals surface area contributed by atoms with Crippen LogP contribution in [-0.4, -0.2) is 23.5 Å². The number of rotatable bonds is 4. The highest BCUT2D eigenvalue weighted by Crippen LogP contribution is 2.48. The van der Waals surface area contributed by atoms with Gasteiger partial charge in [0.2, 0.25) is 0 Å². The number of nitrogens with zero attached hydrogens (tertiary/aromatic N) is 1. The van der Waals surface area contributed by atoms with Gasteiger partial charge in [-0.2, -0.15) is 0 Å². The zero-order chi connectivity index (χ0) is 11.7. The standard InChI is InChI=1S/C14H24N2S/c1-2-3-13-9-16-14(17-13)15-8-12-7-10-4-5-11(12)6-10/h10-13H,2-9H2,1H3,(H,15,16). The normalized spacial score (nSPS) is 39.7. The van der Waals surface area contributed by atoms with Crippen LogP contribution in [0.2, 0.25) is 0 Å². The molecule has 3 aliphatic rings. The Balaban J connectivity index is 1.40. The van der Waals surface area contributed by atoms with Crippen LogP contribution in [0.25, 0.3) is 0 Å². The first kappa shape index (κ1) is 11.9. The zero-order valence-electron chi connectivity index (χ0n) is 10.8. The summed E-state index contributed by atoms with van der Waals surface area (Å²) < 4.78 is 0. The molecule has 3 heteroatoms. The molecule has 0 saturated heterocycles. The number of aliphatic imine (C=N–C) groups is 1. The second-order valence-corrected chi connectivity index (χ2v) is 7.28. The van der Waals surface area contributed by atoms with Gasteiger partial charge in [-0.1, -0.05) is 31.5 Å². The van der Waals surface area contributed by atoms with Gasteiger partial charge in [-0.25, -0.2) is 0 Å². The SMILES string of the molecule is CCCC1CN=C(NCC2CC3CCC2C3)S1. The third-order valence-electron chi connectivity index (χ3n) is 4.73. The molecule has 2 nitrogen and oxygen atoms in total. The van der Waals surface area contributed by atoms with Crippen molar-refractivity contribution in [2.24, 2.45) is 22.7 Å². The minimum Gasteiger partial charge on any atom is -0.365 e. The highest BCUT2D eigenvalue weighted by Gasteiger charge is 2.39. The zero-order valence-corrected chi connectivity index (χ0v) is 11.6. The fourth-order valence-electron chi connectivity index (χ4n) is 3.83. The van der Waals surface area contributed by atoms with Crippen LogP contribution in [0.4, 0.5) is 0 Å². The van der Waals surface area contributed by atoms with Gasteiger partial charge in [-0.3, -0.25) is 4.99 Å². The Labute approximate surface area is 109 Å². The monoisotopic (exact) mass is 252 g/mol. The number of thioether (sulfide) groups is 1. The van der Waals surface area contributed by atoms with Crippen LogP contribution in [0.15, 0.2) is 4.99 Å². The summed E-state index contributed by atoms with van der Waals surface area (Å²) in [6.07, 6.45) is 8.60. The summed E-state index contributed by atoms with van der Waals surface area (Å²) in [5.41, 5.74) is 0. The maximum absolute atomic E-state index is 4.63. The van der Waals surface area contributed by atoms with Crippen LogP contribution in [0.3, 0.4) is 0 Å². The Morgan fingerprint density at radius 1 is 1.35 bits per heavy atom. The van der Waals surface area contributed by atoms with Gasteiger partial charge in [0.1, 0.15) is 0 Å². The van der Waals surface area contributed by atoms with Gasteiger partial charge < -0.3 is 5.32 Å². The predicted octanol–water partition coefficient (Wildman–Crippen LogP) is 3.28. The second kappa shape index (κ2) is 5.21. The van der Waals surface area contributed by atoms with E-state index in [9.17, 15) is 0 Å². The van der Waals surface area contributed by atoms with Gasteiger partial charge in [0.25, 0.3) is 0 Å². The van der Waals surface area contributed by atoms with Crippen LogP contribution in [-0.2, 0) is 0 Å². The van der Waals surface area contributed by atoms with E-state index >= 15 is 0 Å². The molecule has 2 saturated carbocycles. The molecule has 0 spiro atoms. The fourth-order valence-corrected chi connectivity index (χ4v) is 4.97. The molecule has 17 heavy (non-hydrogen) atoms. The lowest BCUT2D eigenvalue weighted by atomic mass is 9.89. The average molecular weight is 252 g/mol. The third kappa shape index (κ3) is 2.64. The van der Waals surface area contributed by atoms with Crippen molar-refractivity contribution in [3.05, 3.63) is 0 Å². The van der Waals surface area contributed by atoms with Crippen molar-refractivity contribution >= 4 is 16.9 Å². The molecule has 3 rings (SSSR count). The Hall–Kier alpha value is -0.180. The van der Waals surface area contributed by atoms with E-state index in [4.69, 9.17) is 0 Å². The number of amidine groups is 1. The van der Waals surface area contributed by atoms with Crippen LogP contribution in [0.1, 0.15) is 45.4 Å². The Morgan fingerprint density at radius 2 is 2.29 bits per heavy atom. The van der Waals surface area contributed by atoms with E-state index in [1.54, 1.807) is 0 Å². The topological polar surface area (TPSA) is 24.4 Å². The number of fused-ring (bicyclic) bond motifs is 2. The molecule has 1 N–H and O–H groups in total. The smallest absolute Gasteiger partial charge is 0.156 e. The third-order valence-corrected chi connectivity index (χ3v) is 5.94. The van der Waals surface area contributed by atoms with Gasteiger partial charge in [0.05, 0.1) is 6.54 Å². The molecular formula is C14H24N2S. The molecule has 4 unspecified atom stereocenters. The average Bonchev–Trinajstić information content (AvgIpc) is 3.02. The van der Waals surface area contributed by atoms with Gasteiger partial charge >= 0.3 is 0 Å². The maximum atomic E-state index is 4.63. The number of hydrogen-bond acceptors (Lipinski definition) is 3. The molecule has 0 amide bonds. The van der Waals surface area contributed by atoms with Crippen molar-refractivity contribution in [2.45, 2.75) is 50.7 Å². The molecule has 0 aromatic heterocycles. The highest BCUT2D eigenvalue weighted by atomic mass is 32.2. The van der Waals surface area contributed by atoms with Gasteiger partial charge in [0, 0.05) is 11.8 Å². The molecule has 2 bridgehead atoms. The molecule has 0 aromatic carbocycles. The van der Waals surface area contributed by atoms with Crippen molar-refractivity contribution in [2.75, 3.05) is 13.1 Å². The molecule has 2 fully saturated rings. The molecule has 0 radical (unpaired) electrons. The maximum Gasteiger partial charge on any atom is 0.156 e. The van der Waals surface area contributed by atoms with E-state index in [1.165, 1.54) is 50.2 Å². The van der Waals surface area contributed by atoms with E-state index in [0.29, 0.717) is 0 Å². The van der Waals surface area contributed by atoms with E-state index in [1.807, 2.05) is 11.8 Å². The predicted molar refractivity (Wildman–Crippen MR) is 75.5 cm³/mol. The van der Waals surface area contributed by atoms with E-state index in [0.717, 1.165) is 29.5 Å². The lowest BCUT2D eigenvalue weighted by Gasteiger charge is -2.22. The summed E-state index contributed by atoms with van der Waals surface area (Å²) in [6.45, 7) is 4.49. The number of nitrogens with one attached hydrogen (secondary N) is 1. The fraction of sp³-hybridized carbons (Fsp3) is 0.929. The first-order valence-electron chi connectivity index (χ1n) is 7.30. The first-order chi connectivity index (χ1) is 8.35. The minimum atomic E-state index is 0.752. The van der Waals surface area contributed by atoms with Crippen molar-refractivity contribution in [1.29, 1.82) is 0 Å². The van der Waals surface area contributed by atoms with Crippen molar-refractivity contribution in [3.63, 3.8) is 0 Å². The summed E-state index contributed by atoms with van der Waals surface area (Å²) in [6, 6.07) is 0. The van der Waals surface area contributed by atoms with E-state index < -0.39 is 0 Å². The summed E-state index contributed by atoms with van der Waals surface area (Å²) >= 11 is 1.98.